The summed E-state index contributed by atoms with van der Waals surface area (Å²) < 4.78 is 32.4. The van der Waals surface area contributed by atoms with Gasteiger partial charge in [0.05, 0.1) is 11.1 Å². The number of alkyl halides is 2. The van der Waals surface area contributed by atoms with Gasteiger partial charge in [0.1, 0.15) is 11.4 Å². The van der Waals surface area contributed by atoms with Crippen LogP contribution < -0.4 is 10.1 Å². The molecule has 36 heavy (non-hydrogen) atoms. The van der Waals surface area contributed by atoms with E-state index in [0.29, 0.717) is 37.3 Å². The fourth-order valence-corrected chi connectivity index (χ4v) is 4.33. The number of carboxylic acid groups (broad SMARTS) is 1. The van der Waals surface area contributed by atoms with Crippen LogP contribution in [0.4, 0.5) is 14.7 Å². The van der Waals surface area contributed by atoms with Crippen LogP contribution in [0.2, 0.25) is 0 Å². The second kappa shape index (κ2) is 9.18. The molecular weight excluding hydrogens is 468 g/mol. The van der Waals surface area contributed by atoms with Crippen molar-refractivity contribution < 1.29 is 23.4 Å². The highest BCUT2D eigenvalue weighted by Gasteiger charge is 2.50. The number of carbonyl (C=O) groups is 1. The van der Waals surface area contributed by atoms with E-state index in [1.165, 1.54) is 6.07 Å². The summed E-state index contributed by atoms with van der Waals surface area (Å²) in [7, 11) is 0. The Kier molecular flexibility index (Phi) is 6.03. The van der Waals surface area contributed by atoms with Crippen LogP contribution in [0, 0.1) is 19.3 Å². The van der Waals surface area contributed by atoms with Crippen molar-refractivity contribution in [1.82, 2.24) is 19.4 Å². The number of para-hydroxylation sites is 1. The zero-order valence-corrected chi connectivity index (χ0v) is 19.8. The smallest absolute Gasteiger partial charge is 0.387 e. The molecule has 186 valence electrons. The molecule has 0 amide bonds. The number of anilines is 1. The number of nitrogens with one attached hydrogen (secondary N) is 1. The van der Waals surface area contributed by atoms with Crippen LogP contribution in [0.15, 0.2) is 48.9 Å². The third kappa shape index (κ3) is 4.58. The minimum atomic E-state index is -2.90. The molecule has 1 aromatic carbocycles. The van der Waals surface area contributed by atoms with Crippen LogP contribution >= 0.6 is 0 Å². The van der Waals surface area contributed by atoms with E-state index in [1.807, 2.05) is 30.5 Å². The molecule has 0 spiro atoms. The average molecular weight is 494 g/mol. The molecule has 0 unspecified atom stereocenters. The molecule has 10 heteroatoms. The molecule has 0 bridgehead atoms. The highest BCUT2D eigenvalue weighted by molar-refractivity contribution is 5.78. The summed E-state index contributed by atoms with van der Waals surface area (Å²) in [6, 6.07) is 8.71. The Morgan fingerprint density at radius 2 is 1.94 bits per heavy atom. The molecule has 8 nitrogen and oxygen atoms in total. The molecule has 3 aromatic heterocycles. The summed E-state index contributed by atoms with van der Waals surface area (Å²) in [6.07, 6.45) is 7.00. The molecule has 5 rings (SSSR count). The van der Waals surface area contributed by atoms with Crippen molar-refractivity contribution in [2.24, 2.45) is 5.41 Å². The lowest BCUT2D eigenvalue weighted by molar-refractivity contribution is -0.142. The molecule has 1 saturated carbocycles. The molecular formula is C26H25F2N5O3. The zero-order chi connectivity index (χ0) is 25.4. The number of pyridine rings is 1. The van der Waals surface area contributed by atoms with Gasteiger partial charge in [0.25, 0.3) is 0 Å². The fraction of sp³-hybridized carbons (Fsp3) is 0.308. The van der Waals surface area contributed by atoms with Gasteiger partial charge in [0, 0.05) is 53.9 Å². The highest BCUT2D eigenvalue weighted by atomic mass is 19.3. The summed E-state index contributed by atoms with van der Waals surface area (Å²) in [5.74, 6) is -0.285. The van der Waals surface area contributed by atoms with Gasteiger partial charge in [-0.15, -0.1) is 0 Å². The van der Waals surface area contributed by atoms with Crippen LogP contribution in [0.5, 0.6) is 5.75 Å². The lowest BCUT2D eigenvalue weighted by Crippen LogP contribution is -2.24. The maximum atomic E-state index is 12.9. The molecule has 1 aliphatic carbocycles. The van der Waals surface area contributed by atoms with Gasteiger partial charge < -0.3 is 19.6 Å². The summed E-state index contributed by atoms with van der Waals surface area (Å²) in [4.78, 5) is 24.8. The van der Waals surface area contributed by atoms with Gasteiger partial charge in [-0.1, -0.05) is 18.2 Å². The number of ether oxygens (including phenoxy) is 1. The van der Waals surface area contributed by atoms with E-state index < -0.39 is 18.0 Å². The molecule has 0 radical (unpaired) electrons. The number of hydrogen-bond donors (Lipinski definition) is 2. The first-order chi connectivity index (χ1) is 17.3. The van der Waals surface area contributed by atoms with Crippen molar-refractivity contribution in [3.05, 3.63) is 71.4 Å². The molecule has 4 aromatic rings. The maximum absolute atomic E-state index is 12.9. The predicted octanol–water partition coefficient (Wildman–Crippen LogP) is 4.88. The van der Waals surface area contributed by atoms with E-state index in [4.69, 9.17) is 4.74 Å². The predicted molar refractivity (Wildman–Crippen MR) is 129 cm³/mol. The third-order valence-corrected chi connectivity index (χ3v) is 6.67. The number of carboxylic acids is 1. The minimum absolute atomic E-state index is 0.140. The van der Waals surface area contributed by atoms with Crippen LogP contribution in [-0.2, 0) is 11.2 Å². The van der Waals surface area contributed by atoms with E-state index in [-0.39, 0.29) is 5.75 Å². The van der Waals surface area contributed by atoms with Crippen LogP contribution in [-0.4, -0.2) is 43.6 Å². The minimum Gasteiger partial charge on any atom is -0.481 e. The first-order valence-corrected chi connectivity index (χ1v) is 11.6. The second-order valence-corrected chi connectivity index (χ2v) is 9.14. The number of benzene rings is 1. The van der Waals surface area contributed by atoms with Crippen molar-refractivity contribution in [3.8, 4) is 16.9 Å². The Hall–Kier alpha value is -4.08. The Bertz CT molecular complexity index is 1430. The van der Waals surface area contributed by atoms with Crippen molar-refractivity contribution >= 4 is 17.6 Å². The van der Waals surface area contributed by atoms with Gasteiger partial charge >= 0.3 is 12.6 Å². The van der Waals surface area contributed by atoms with Crippen molar-refractivity contribution in [1.29, 1.82) is 0 Å². The second-order valence-electron chi connectivity index (χ2n) is 9.14. The number of nitrogens with zero attached hydrogens (tertiary/aromatic N) is 4. The molecule has 0 saturated heterocycles. The maximum Gasteiger partial charge on any atom is 0.387 e. The molecule has 0 aliphatic heterocycles. The summed E-state index contributed by atoms with van der Waals surface area (Å²) >= 11 is 0. The third-order valence-electron chi connectivity index (χ3n) is 6.67. The number of fused-ring (bicyclic) bond motifs is 1. The largest absolute Gasteiger partial charge is 0.481 e. The number of imidazole rings is 1. The molecule has 2 N–H and O–H groups in total. The lowest BCUT2D eigenvalue weighted by atomic mass is 10.1. The average Bonchev–Trinajstić information content (AvgIpc) is 3.58. The zero-order valence-electron chi connectivity index (χ0n) is 19.8. The van der Waals surface area contributed by atoms with E-state index in [9.17, 15) is 18.7 Å². The van der Waals surface area contributed by atoms with Gasteiger partial charge in [-0.2, -0.15) is 8.78 Å². The standard InChI is InChI=1S/C26H25F2N5O3/c1-15-9-22-32-16(2)20(10-17-5-3-4-6-21(17)36-24(27)28)33(22)13-19(15)18-11-29-25(30-12-18)31-14-26(7-8-26)23(34)35/h3-6,9,11-13,24H,7-8,10,14H2,1-2H3,(H,34,35)(H,29,30,31). The van der Waals surface area contributed by atoms with E-state index in [1.54, 1.807) is 30.6 Å². The van der Waals surface area contributed by atoms with E-state index >= 15 is 0 Å². The molecule has 1 fully saturated rings. The quantitative estimate of drug-likeness (QED) is 0.343. The van der Waals surface area contributed by atoms with Gasteiger partial charge in [-0.05, 0) is 44.4 Å². The van der Waals surface area contributed by atoms with E-state index in [0.717, 1.165) is 33.7 Å². The van der Waals surface area contributed by atoms with Gasteiger partial charge in [0.15, 0.2) is 0 Å². The number of aromatic nitrogens is 4. The summed E-state index contributed by atoms with van der Waals surface area (Å²) in [5, 5.41) is 12.4. The Balaban J connectivity index is 1.43. The van der Waals surface area contributed by atoms with E-state index in [2.05, 4.69) is 20.3 Å². The van der Waals surface area contributed by atoms with Gasteiger partial charge in [-0.25, -0.2) is 15.0 Å². The number of halogens is 2. The van der Waals surface area contributed by atoms with Crippen molar-refractivity contribution in [2.75, 3.05) is 11.9 Å². The molecule has 3 heterocycles. The van der Waals surface area contributed by atoms with Crippen LogP contribution in [0.25, 0.3) is 16.8 Å². The topological polar surface area (TPSA) is 102 Å². The Morgan fingerprint density at radius 3 is 2.61 bits per heavy atom. The Labute approximate surface area is 206 Å². The SMILES string of the molecule is Cc1cc2nc(C)c(Cc3ccccc3OC(F)F)n2cc1-c1cnc(NCC2(C(=O)O)CC2)nc1. The van der Waals surface area contributed by atoms with Gasteiger partial charge in [0.2, 0.25) is 5.95 Å². The molecule has 1 aliphatic rings. The van der Waals surface area contributed by atoms with Crippen molar-refractivity contribution in [3.63, 3.8) is 0 Å². The number of aliphatic carboxylic acids is 1. The first kappa shape index (κ1) is 23.7. The highest BCUT2D eigenvalue weighted by Crippen LogP contribution is 2.45. The first-order valence-electron chi connectivity index (χ1n) is 11.6. The molecule has 0 atom stereocenters. The Morgan fingerprint density at radius 1 is 1.22 bits per heavy atom. The summed E-state index contributed by atoms with van der Waals surface area (Å²) in [6.45, 7) is 1.25. The lowest BCUT2D eigenvalue weighted by Gasteiger charge is -2.13. The number of rotatable bonds is 9. The van der Waals surface area contributed by atoms with Crippen LogP contribution in [0.3, 0.4) is 0 Å². The number of aryl methyl sites for hydroxylation is 2. The van der Waals surface area contributed by atoms with Crippen molar-refractivity contribution in [2.45, 2.75) is 39.7 Å². The number of hydrogen-bond acceptors (Lipinski definition) is 6. The van der Waals surface area contributed by atoms with Gasteiger partial charge in [-0.3, -0.25) is 4.79 Å². The normalized spacial score (nSPS) is 14.2. The summed E-state index contributed by atoms with van der Waals surface area (Å²) in [5.41, 5.74) is 5.00. The fourth-order valence-electron chi connectivity index (χ4n) is 4.33. The van der Waals surface area contributed by atoms with Crippen LogP contribution in [0.1, 0.15) is 35.4 Å². The monoisotopic (exact) mass is 493 g/mol.